The second kappa shape index (κ2) is 14.4. The number of urea groups is 1. The van der Waals surface area contributed by atoms with Gasteiger partial charge in [-0.15, -0.1) is 11.3 Å². The van der Waals surface area contributed by atoms with Crippen molar-refractivity contribution in [2.45, 2.75) is 62.9 Å². The second-order valence-electron chi connectivity index (χ2n) is 14.1. The fraction of sp³-hybridized carbons (Fsp3) is 0.618. The van der Waals surface area contributed by atoms with E-state index in [1.54, 1.807) is 16.2 Å². The van der Waals surface area contributed by atoms with Crippen molar-refractivity contribution in [2.24, 2.45) is 5.92 Å². The lowest BCUT2D eigenvalue weighted by atomic mass is 9.83. The zero-order valence-corrected chi connectivity index (χ0v) is 29.4. The van der Waals surface area contributed by atoms with Crippen LogP contribution in [-0.2, 0) is 28.5 Å². The van der Waals surface area contributed by atoms with Gasteiger partial charge in [0.05, 0.1) is 22.0 Å². The molecule has 0 radical (unpaired) electrons. The van der Waals surface area contributed by atoms with Crippen molar-refractivity contribution in [3.8, 4) is 0 Å². The Bertz CT molecular complexity index is 1590. The maximum Gasteiger partial charge on any atom is 0.418 e. The number of nitrogen functional groups attached to an aromatic ring is 1. The molecule has 6 aliphatic heterocycles. The summed E-state index contributed by atoms with van der Waals surface area (Å²) < 4.78 is 47.3. The molecule has 0 saturated carbocycles. The number of nitrogens with zero attached hydrogens (tertiary/aromatic N) is 5. The predicted molar refractivity (Wildman–Crippen MR) is 184 cm³/mol. The molecule has 16 heteroatoms. The van der Waals surface area contributed by atoms with Crippen LogP contribution in [0.25, 0.3) is 0 Å². The van der Waals surface area contributed by atoms with Gasteiger partial charge in [-0.25, -0.2) is 9.59 Å². The molecule has 8 rings (SSSR count). The summed E-state index contributed by atoms with van der Waals surface area (Å²) in [6, 6.07) is 2.38. The smallest absolute Gasteiger partial charge is 0.418 e. The van der Waals surface area contributed by atoms with E-state index in [1.807, 2.05) is 15.7 Å². The number of hydrogen-bond donors (Lipinski definition) is 2. The van der Waals surface area contributed by atoms with Crippen LogP contribution in [0.4, 0.5) is 34.1 Å². The lowest BCUT2D eigenvalue weighted by molar-refractivity contribution is -0.143. The maximum absolute atomic E-state index is 14.0. The summed E-state index contributed by atoms with van der Waals surface area (Å²) in [6.07, 6.45) is -2.96. The molecule has 7 heterocycles. The molecule has 4 amide bonds. The summed E-state index contributed by atoms with van der Waals surface area (Å²) in [4.78, 5) is 50.5. The van der Waals surface area contributed by atoms with E-state index >= 15 is 0 Å². The molecule has 6 aliphatic rings. The van der Waals surface area contributed by atoms with Crippen LogP contribution in [0, 0.1) is 5.92 Å². The molecule has 1 aromatic heterocycles. The predicted octanol–water partition coefficient (Wildman–Crippen LogP) is 4.84. The van der Waals surface area contributed by atoms with Gasteiger partial charge in [-0.3, -0.25) is 9.69 Å². The molecule has 5 fully saturated rings. The number of thiophene rings is 1. The molecule has 272 valence electrons. The van der Waals surface area contributed by atoms with Crippen molar-refractivity contribution in [3.63, 3.8) is 0 Å². The van der Waals surface area contributed by atoms with E-state index in [0.717, 1.165) is 43.4 Å². The van der Waals surface area contributed by atoms with Gasteiger partial charge >= 0.3 is 18.3 Å². The van der Waals surface area contributed by atoms with E-state index in [9.17, 15) is 27.6 Å². The number of amides is 4. The molecule has 2 aromatic rings. The number of halogens is 4. The fourth-order valence-electron chi connectivity index (χ4n) is 8.31. The summed E-state index contributed by atoms with van der Waals surface area (Å²) in [5.74, 6) is 0.206. The first-order valence-corrected chi connectivity index (χ1v) is 18.7. The zero-order chi connectivity index (χ0) is 35.2. The van der Waals surface area contributed by atoms with Crippen molar-refractivity contribution in [1.29, 1.82) is 0 Å². The number of likely N-dealkylation sites (tertiary alicyclic amines) is 1. The Morgan fingerprint density at radius 2 is 1.70 bits per heavy atom. The Hall–Kier alpha value is -3.27. The van der Waals surface area contributed by atoms with Gasteiger partial charge in [0.25, 0.3) is 5.91 Å². The molecule has 2 bridgehead atoms. The van der Waals surface area contributed by atoms with E-state index in [2.05, 4.69) is 15.1 Å². The number of anilines is 2. The zero-order valence-electron chi connectivity index (χ0n) is 27.8. The van der Waals surface area contributed by atoms with Crippen LogP contribution in [0.2, 0.25) is 5.02 Å². The number of ether oxygens (including phenoxy) is 1. The number of piperidine rings is 4. The number of alkyl halides is 3. The second-order valence-corrected chi connectivity index (χ2v) is 15.2. The summed E-state index contributed by atoms with van der Waals surface area (Å²) in [6.45, 7) is 6.71. The topological polar surface area (TPSA) is 115 Å². The van der Waals surface area contributed by atoms with Gasteiger partial charge < -0.3 is 35.4 Å². The first-order valence-electron chi connectivity index (χ1n) is 17.4. The molecule has 11 nitrogen and oxygen atoms in total. The van der Waals surface area contributed by atoms with Crippen molar-refractivity contribution < 1.29 is 32.3 Å². The first-order chi connectivity index (χ1) is 23.9. The third-order valence-electron chi connectivity index (χ3n) is 11.2. The van der Waals surface area contributed by atoms with Crippen LogP contribution in [0.5, 0.6) is 0 Å². The number of rotatable bonds is 6. The molecule has 5 saturated heterocycles. The molecular formula is C34H43ClF3N7O4S. The maximum atomic E-state index is 14.0. The summed E-state index contributed by atoms with van der Waals surface area (Å²) in [5, 5.41) is 6.66. The molecule has 50 heavy (non-hydrogen) atoms. The Morgan fingerprint density at radius 1 is 0.980 bits per heavy atom. The van der Waals surface area contributed by atoms with Gasteiger partial charge in [0.1, 0.15) is 0 Å². The number of carbonyl (C=O) groups excluding carboxylic acids is 3. The van der Waals surface area contributed by atoms with E-state index < -0.39 is 35.5 Å². The molecule has 0 aliphatic carbocycles. The van der Waals surface area contributed by atoms with Crippen LogP contribution in [0.3, 0.4) is 0 Å². The van der Waals surface area contributed by atoms with Gasteiger partial charge in [-0.05, 0) is 79.8 Å². The van der Waals surface area contributed by atoms with Gasteiger partial charge in [-0.2, -0.15) is 13.2 Å². The number of fused-ring (bicyclic) bond motifs is 4. The van der Waals surface area contributed by atoms with Gasteiger partial charge in [0.2, 0.25) is 0 Å². The molecule has 0 spiro atoms. The standard InChI is InChI=1S/C34H43ClF3N7O4S/c35-26-16-21(15-25(30(26)39)34(36,37)38)17-29(31(46)43-13-11-42(12-14-43)28-18-41-6-1-22(28)2-7-41)49-33(48)44-8-4-24(5-9-44)45-10-3-23-19-50-20-27(23)40-32(45)47/h15-16,19-20,22,24,28-29H,1-14,17-18,39H2,(H,40,47)/t28?,29-/m1/s1. The minimum Gasteiger partial charge on any atom is -0.436 e. The van der Waals surface area contributed by atoms with Crippen LogP contribution in [0.15, 0.2) is 22.9 Å². The summed E-state index contributed by atoms with van der Waals surface area (Å²) in [5.41, 5.74) is 6.00. The molecule has 1 aromatic carbocycles. The molecular weight excluding hydrogens is 695 g/mol. The van der Waals surface area contributed by atoms with E-state index in [0.29, 0.717) is 70.6 Å². The number of nitrogens with one attached hydrogen (secondary N) is 1. The quantitative estimate of drug-likeness (QED) is 0.408. The average Bonchev–Trinajstić information content (AvgIpc) is 3.49. The lowest BCUT2D eigenvalue weighted by Gasteiger charge is -2.51. The first kappa shape index (κ1) is 35.1. The molecule has 2 atom stereocenters. The van der Waals surface area contributed by atoms with Crippen molar-refractivity contribution >= 4 is 52.3 Å². The van der Waals surface area contributed by atoms with E-state index in [1.165, 1.54) is 23.8 Å². The number of nitrogens with two attached hydrogens (primary N) is 1. The van der Waals surface area contributed by atoms with Crippen molar-refractivity contribution in [2.75, 3.05) is 76.5 Å². The summed E-state index contributed by atoms with van der Waals surface area (Å²) in [7, 11) is 0. The third kappa shape index (κ3) is 7.37. The SMILES string of the molecule is Nc1c(Cl)cc(C[C@@H](OC(=O)N2CCC(N3CCc4cscc4NC3=O)CC2)C(=O)N2CCN(C3CN4CCC3CC4)CC2)cc1C(F)(F)F. The number of benzene rings is 1. The molecule has 3 N–H and O–H groups in total. The van der Waals surface area contributed by atoms with Crippen LogP contribution < -0.4 is 11.1 Å². The number of hydrogen-bond acceptors (Lipinski definition) is 8. The monoisotopic (exact) mass is 737 g/mol. The van der Waals surface area contributed by atoms with E-state index in [4.69, 9.17) is 22.1 Å². The van der Waals surface area contributed by atoms with Gasteiger partial charge in [0.15, 0.2) is 6.10 Å². The number of carbonyl (C=O) groups is 3. The Morgan fingerprint density at radius 3 is 2.36 bits per heavy atom. The fourth-order valence-corrected chi connectivity index (χ4v) is 9.37. The normalized spacial score (nSPS) is 25.6. The Labute approximate surface area is 298 Å². The highest BCUT2D eigenvalue weighted by molar-refractivity contribution is 7.08. The largest absolute Gasteiger partial charge is 0.436 e. The van der Waals surface area contributed by atoms with Crippen molar-refractivity contribution in [3.05, 3.63) is 44.6 Å². The van der Waals surface area contributed by atoms with E-state index in [-0.39, 0.29) is 29.1 Å². The Kier molecular flexibility index (Phi) is 10.1. The highest BCUT2D eigenvalue weighted by Gasteiger charge is 2.41. The summed E-state index contributed by atoms with van der Waals surface area (Å²) >= 11 is 7.67. The van der Waals surface area contributed by atoms with Crippen LogP contribution in [-0.4, -0.2) is 126 Å². The highest BCUT2D eigenvalue weighted by Crippen LogP contribution is 2.38. The van der Waals surface area contributed by atoms with Crippen LogP contribution >= 0.6 is 22.9 Å². The van der Waals surface area contributed by atoms with Gasteiger partial charge in [-0.1, -0.05) is 11.6 Å². The van der Waals surface area contributed by atoms with Gasteiger partial charge in [0, 0.05) is 76.2 Å². The molecule has 1 unspecified atom stereocenters. The number of piperazine rings is 1. The minimum absolute atomic E-state index is 0.0747. The lowest BCUT2D eigenvalue weighted by Crippen LogP contribution is -2.62. The third-order valence-corrected chi connectivity index (χ3v) is 12.3. The van der Waals surface area contributed by atoms with Crippen LogP contribution in [0.1, 0.15) is 42.4 Å². The van der Waals surface area contributed by atoms with Crippen molar-refractivity contribution in [1.82, 2.24) is 24.5 Å². The highest BCUT2D eigenvalue weighted by atomic mass is 35.5. The average molecular weight is 738 g/mol. The Balaban J connectivity index is 1.02. The minimum atomic E-state index is -4.76.